The molecular weight excluding hydrogens is 406 g/mol. The first-order valence-corrected chi connectivity index (χ1v) is 9.61. The fourth-order valence-electron chi connectivity index (χ4n) is 2.37. The van der Waals surface area contributed by atoms with E-state index in [2.05, 4.69) is 31.0 Å². The Morgan fingerprint density at radius 3 is 2.76 bits per heavy atom. The largest absolute Gasteiger partial charge is 0.459 e. The van der Waals surface area contributed by atoms with E-state index >= 15 is 0 Å². The van der Waals surface area contributed by atoms with Crippen LogP contribution < -0.4 is 0 Å². The second kappa shape index (κ2) is 6.80. The predicted octanol–water partition coefficient (Wildman–Crippen LogP) is 3.42. The van der Waals surface area contributed by atoms with Gasteiger partial charge in [0.2, 0.25) is 0 Å². The first kappa shape index (κ1) is 17.9. The van der Waals surface area contributed by atoms with E-state index in [0.717, 1.165) is 26.5 Å². The van der Waals surface area contributed by atoms with Crippen molar-refractivity contribution >= 4 is 39.3 Å². The fourth-order valence-corrected chi connectivity index (χ4v) is 3.39. The Balaban J connectivity index is 1.89. The fraction of sp³-hybridized carbons (Fsp3) is 0.375. The Bertz CT molecular complexity index is 928. The van der Waals surface area contributed by atoms with E-state index in [0.29, 0.717) is 0 Å². The molecule has 0 radical (unpaired) electrons. The Labute approximate surface area is 157 Å². The molecule has 0 spiro atoms. The van der Waals surface area contributed by atoms with Crippen LogP contribution in [0.1, 0.15) is 20.8 Å². The lowest BCUT2D eigenvalue weighted by Crippen LogP contribution is -2.26. The topological polar surface area (TPSA) is 74.3 Å². The number of hydrogen-bond donors (Lipinski definition) is 0. The third-order valence-corrected chi connectivity index (χ3v) is 4.31. The smallest absolute Gasteiger partial charge is 0.328 e. The summed E-state index contributed by atoms with van der Waals surface area (Å²) in [4.78, 5) is 20.8. The second-order valence-corrected chi connectivity index (χ2v) is 8.03. The summed E-state index contributed by atoms with van der Waals surface area (Å²) in [5, 5.41) is 5.09. The number of thioether (sulfide) groups is 1. The molecule has 3 heterocycles. The second-order valence-electron chi connectivity index (χ2n) is 6.42. The number of halogens is 1. The summed E-state index contributed by atoms with van der Waals surface area (Å²) in [6.07, 6.45) is 9.12. The summed E-state index contributed by atoms with van der Waals surface area (Å²) in [6.45, 7) is 5.59. The molecule has 0 aromatic carbocycles. The zero-order chi connectivity index (χ0) is 18.2. The maximum Gasteiger partial charge on any atom is 0.328 e. The molecule has 0 saturated heterocycles. The molecular formula is C16H18BrN5O2S. The third-order valence-electron chi connectivity index (χ3n) is 3.27. The number of imidazole rings is 1. The third kappa shape index (κ3) is 4.04. The average molecular weight is 424 g/mol. The summed E-state index contributed by atoms with van der Waals surface area (Å²) >= 11 is 4.96. The van der Waals surface area contributed by atoms with E-state index in [1.807, 2.05) is 37.6 Å². The Hall–Kier alpha value is -1.87. The molecule has 0 fully saturated rings. The highest BCUT2D eigenvalue weighted by molar-refractivity contribution is 9.10. The molecule has 0 aliphatic carbocycles. The molecule has 3 rings (SSSR count). The number of carbonyl (C=O) groups is 1. The van der Waals surface area contributed by atoms with Crippen molar-refractivity contribution in [1.82, 2.24) is 24.1 Å². The van der Waals surface area contributed by atoms with Gasteiger partial charge in [0.05, 0.1) is 18.1 Å². The van der Waals surface area contributed by atoms with E-state index in [9.17, 15) is 4.79 Å². The van der Waals surface area contributed by atoms with E-state index in [1.165, 1.54) is 11.8 Å². The van der Waals surface area contributed by atoms with Gasteiger partial charge < -0.3 is 4.74 Å². The number of hydrogen-bond acceptors (Lipinski definition) is 6. The standard InChI is InChI=1S/C16H18BrN5O2S/c1-16(2,3)24-13(23)9-21-7-10(5-19-21)11-6-18-14-15(25-4)20-12(17)8-22(11)14/h5-8H,9H2,1-4H3. The predicted molar refractivity (Wildman–Crippen MR) is 99.5 cm³/mol. The van der Waals surface area contributed by atoms with Gasteiger partial charge in [-0.1, -0.05) is 0 Å². The van der Waals surface area contributed by atoms with E-state index in [-0.39, 0.29) is 12.5 Å². The highest BCUT2D eigenvalue weighted by atomic mass is 79.9. The highest BCUT2D eigenvalue weighted by Gasteiger charge is 2.18. The molecule has 3 aromatic heterocycles. The zero-order valence-electron chi connectivity index (χ0n) is 14.4. The molecule has 25 heavy (non-hydrogen) atoms. The summed E-state index contributed by atoms with van der Waals surface area (Å²) in [5.41, 5.74) is 2.01. The van der Waals surface area contributed by atoms with E-state index in [4.69, 9.17) is 4.74 Å². The van der Waals surface area contributed by atoms with Gasteiger partial charge in [-0.25, -0.2) is 9.97 Å². The molecule has 0 bridgehead atoms. The molecule has 0 N–H and O–H groups in total. The molecule has 0 saturated carbocycles. The van der Waals surface area contributed by atoms with Gasteiger partial charge in [0.25, 0.3) is 0 Å². The van der Waals surface area contributed by atoms with Crippen LogP contribution in [0.3, 0.4) is 0 Å². The number of aromatic nitrogens is 5. The lowest BCUT2D eigenvalue weighted by molar-refractivity contribution is -0.155. The van der Waals surface area contributed by atoms with Gasteiger partial charge in [-0.2, -0.15) is 5.10 Å². The lowest BCUT2D eigenvalue weighted by atomic mass is 10.2. The average Bonchev–Trinajstić information content (AvgIpc) is 3.10. The van der Waals surface area contributed by atoms with Crippen molar-refractivity contribution in [3.63, 3.8) is 0 Å². The molecule has 9 heteroatoms. The number of carbonyl (C=O) groups excluding carboxylic acids is 1. The first-order valence-electron chi connectivity index (χ1n) is 7.59. The molecule has 132 valence electrons. The molecule has 0 unspecified atom stereocenters. The van der Waals surface area contributed by atoms with E-state index in [1.54, 1.807) is 23.3 Å². The van der Waals surface area contributed by atoms with Crippen molar-refractivity contribution in [2.45, 2.75) is 37.9 Å². The molecule has 0 aliphatic heterocycles. The zero-order valence-corrected chi connectivity index (χ0v) is 16.8. The molecule has 3 aromatic rings. The summed E-state index contributed by atoms with van der Waals surface area (Å²) in [6, 6.07) is 0. The van der Waals surface area contributed by atoms with Gasteiger partial charge in [-0.3, -0.25) is 13.9 Å². The number of rotatable bonds is 4. The number of ether oxygens (including phenoxy) is 1. The van der Waals surface area contributed by atoms with Crippen LogP contribution in [-0.2, 0) is 16.1 Å². The van der Waals surface area contributed by atoms with Gasteiger partial charge in [0, 0.05) is 18.0 Å². The van der Waals surface area contributed by atoms with Crippen LogP contribution in [0.5, 0.6) is 0 Å². The van der Waals surface area contributed by atoms with Crippen molar-refractivity contribution in [1.29, 1.82) is 0 Å². The Morgan fingerprint density at radius 1 is 1.32 bits per heavy atom. The van der Waals surface area contributed by atoms with Crippen LogP contribution in [0.4, 0.5) is 0 Å². The normalized spacial score (nSPS) is 11.9. The molecule has 0 aliphatic rings. The minimum atomic E-state index is -0.512. The van der Waals surface area contributed by atoms with Crippen LogP contribution >= 0.6 is 27.7 Å². The van der Waals surface area contributed by atoms with Crippen molar-refractivity contribution in [3.8, 4) is 11.3 Å². The number of fused-ring (bicyclic) bond motifs is 1. The maximum atomic E-state index is 11.9. The summed E-state index contributed by atoms with van der Waals surface area (Å²) in [7, 11) is 0. The van der Waals surface area contributed by atoms with Crippen LogP contribution in [0, 0.1) is 0 Å². The monoisotopic (exact) mass is 423 g/mol. The number of nitrogens with zero attached hydrogens (tertiary/aromatic N) is 5. The van der Waals surface area contributed by atoms with E-state index < -0.39 is 5.60 Å². The lowest BCUT2D eigenvalue weighted by Gasteiger charge is -2.19. The van der Waals surface area contributed by atoms with Gasteiger partial charge in [0.15, 0.2) is 5.65 Å². The van der Waals surface area contributed by atoms with Gasteiger partial charge >= 0.3 is 5.97 Å². The van der Waals surface area contributed by atoms with Gasteiger partial charge in [-0.15, -0.1) is 11.8 Å². The quantitative estimate of drug-likeness (QED) is 0.472. The summed E-state index contributed by atoms with van der Waals surface area (Å²) in [5.74, 6) is -0.322. The van der Waals surface area contributed by atoms with Gasteiger partial charge in [-0.05, 0) is 43.0 Å². The molecule has 0 atom stereocenters. The Kier molecular flexibility index (Phi) is 4.88. The van der Waals surface area contributed by atoms with Crippen molar-refractivity contribution in [2.24, 2.45) is 0 Å². The number of esters is 1. The SMILES string of the molecule is CSc1nc(Br)cn2c(-c3cnn(CC(=O)OC(C)(C)C)c3)cnc12. The summed E-state index contributed by atoms with van der Waals surface area (Å²) < 4.78 is 9.57. The minimum Gasteiger partial charge on any atom is -0.459 e. The van der Waals surface area contributed by atoms with Crippen LogP contribution in [0.2, 0.25) is 0 Å². The molecule has 7 nitrogen and oxygen atoms in total. The molecule has 0 amide bonds. The minimum absolute atomic E-state index is 0.0648. The first-order chi connectivity index (χ1) is 11.8. The van der Waals surface area contributed by atoms with Crippen LogP contribution in [0.15, 0.2) is 34.4 Å². The van der Waals surface area contributed by atoms with Crippen LogP contribution in [0.25, 0.3) is 16.9 Å². The highest BCUT2D eigenvalue weighted by Crippen LogP contribution is 2.26. The van der Waals surface area contributed by atoms with Crippen LogP contribution in [-0.4, -0.2) is 42.0 Å². The van der Waals surface area contributed by atoms with Gasteiger partial charge in [0.1, 0.15) is 21.8 Å². The van der Waals surface area contributed by atoms with Crippen molar-refractivity contribution in [2.75, 3.05) is 6.26 Å². The van der Waals surface area contributed by atoms with Crippen molar-refractivity contribution in [3.05, 3.63) is 29.4 Å². The van der Waals surface area contributed by atoms with Crippen molar-refractivity contribution < 1.29 is 9.53 Å². The Morgan fingerprint density at radius 2 is 2.08 bits per heavy atom. The maximum absolute atomic E-state index is 11.9.